The Balaban J connectivity index is 2.14. The summed E-state index contributed by atoms with van der Waals surface area (Å²) < 4.78 is 1.13. The molecule has 0 aliphatic carbocycles. The lowest BCUT2D eigenvalue weighted by Gasteiger charge is -2.08. The van der Waals surface area contributed by atoms with Gasteiger partial charge in [0.05, 0.1) is 13.6 Å². The molecule has 0 aliphatic rings. The fourth-order valence-electron chi connectivity index (χ4n) is 3.12. The summed E-state index contributed by atoms with van der Waals surface area (Å²) in [5.74, 6) is 0. The van der Waals surface area contributed by atoms with E-state index in [4.69, 9.17) is 0 Å². The number of unbranched alkanes of at least 4 members (excludes halogenated alkanes) is 2. The van der Waals surface area contributed by atoms with E-state index in [2.05, 4.69) is 41.9 Å². The predicted octanol–water partition coefficient (Wildman–Crippen LogP) is 8.56. The molecule has 144 valence electrons. The van der Waals surface area contributed by atoms with Gasteiger partial charge in [0.25, 0.3) is 0 Å². The van der Waals surface area contributed by atoms with E-state index in [0.29, 0.717) is 0 Å². The number of nitrogens with zero attached hydrogens (tertiary/aromatic N) is 1. The fraction of sp³-hybridized carbons (Fsp3) is 0.400. The van der Waals surface area contributed by atoms with Gasteiger partial charge in [-0.15, -0.1) is 22.7 Å². The van der Waals surface area contributed by atoms with Gasteiger partial charge in [-0.2, -0.15) is 0 Å². The Bertz CT molecular complexity index is 926. The van der Waals surface area contributed by atoms with Gasteiger partial charge in [0.1, 0.15) is 0 Å². The molecule has 0 aromatic carbocycles. The maximum atomic E-state index is 11.2. The summed E-state index contributed by atoms with van der Waals surface area (Å²) in [6, 6.07) is 7.84. The maximum Gasteiger partial charge on any atom is 0.324 e. The second-order valence-corrected chi connectivity index (χ2v) is 11.0. The predicted molar refractivity (Wildman–Crippen MR) is 123 cm³/mol. The van der Waals surface area contributed by atoms with Crippen molar-refractivity contribution in [3.63, 3.8) is 0 Å². The Hall–Kier alpha value is -1.02. The zero-order valence-corrected chi connectivity index (χ0v) is 19.5. The third kappa shape index (κ3) is 4.70. The molecular formula is C20H22BrNO2S3. The van der Waals surface area contributed by atoms with Crippen molar-refractivity contribution < 1.29 is 4.92 Å². The van der Waals surface area contributed by atoms with Gasteiger partial charge in [-0.25, -0.2) is 0 Å². The average molecular weight is 485 g/mol. The van der Waals surface area contributed by atoms with Crippen LogP contribution in [0.3, 0.4) is 0 Å². The van der Waals surface area contributed by atoms with E-state index >= 15 is 0 Å². The van der Waals surface area contributed by atoms with Crippen molar-refractivity contribution in [1.29, 1.82) is 0 Å². The lowest BCUT2D eigenvalue weighted by Crippen LogP contribution is -1.94. The summed E-state index contributed by atoms with van der Waals surface area (Å²) in [6.45, 7) is 4.44. The summed E-state index contributed by atoms with van der Waals surface area (Å²) in [5, 5.41) is 11.4. The van der Waals surface area contributed by atoms with Gasteiger partial charge >= 0.3 is 5.00 Å². The number of halogens is 1. The first-order valence-corrected chi connectivity index (χ1v) is 12.4. The van der Waals surface area contributed by atoms with Crippen molar-refractivity contribution in [3.05, 3.63) is 49.3 Å². The van der Waals surface area contributed by atoms with Crippen molar-refractivity contribution in [2.24, 2.45) is 0 Å². The van der Waals surface area contributed by atoms with Crippen LogP contribution in [0.5, 0.6) is 0 Å². The van der Waals surface area contributed by atoms with Gasteiger partial charge in [0, 0.05) is 20.7 Å². The monoisotopic (exact) mass is 483 g/mol. The Morgan fingerprint density at radius 1 is 0.889 bits per heavy atom. The third-order valence-electron chi connectivity index (χ3n) is 4.47. The first-order valence-electron chi connectivity index (χ1n) is 9.20. The molecule has 0 amide bonds. The van der Waals surface area contributed by atoms with E-state index in [0.717, 1.165) is 40.8 Å². The summed E-state index contributed by atoms with van der Waals surface area (Å²) in [6.07, 6.45) is 6.73. The molecule has 27 heavy (non-hydrogen) atoms. The van der Waals surface area contributed by atoms with Crippen molar-refractivity contribution >= 4 is 54.9 Å². The number of hydrogen-bond donors (Lipinski definition) is 0. The first-order chi connectivity index (χ1) is 13.0. The summed E-state index contributed by atoms with van der Waals surface area (Å²) in [4.78, 5) is 15.8. The highest BCUT2D eigenvalue weighted by atomic mass is 79.9. The highest BCUT2D eigenvalue weighted by molar-refractivity contribution is 9.11. The van der Waals surface area contributed by atoms with Crippen molar-refractivity contribution in [2.45, 2.75) is 52.4 Å². The van der Waals surface area contributed by atoms with E-state index in [9.17, 15) is 10.1 Å². The number of thiophene rings is 3. The highest BCUT2D eigenvalue weighted by Gasteiger charge is 2.23. The maximum absolute atomic E-state index is 11.2. The van der Waals surface area contributed by atoms with E-state index in [1.807, 2.05) is 17.4 Å². The van der Waals surface area contributed by atoms with Gasteiger partial charge in [0.15, 0.2) is 0 Å². The lowest BCUT2D eigenvalue weighted by atomic mass is 9.97. The molecule has 7 heteroatoms. The van der Waals surface area contributed by atoms with Gasteiger partial charge in [-0.3, -0.25) is 10.1 Å². The van der Waals surface area contributed by atoms with Gasteiger partial charge in [-0.05, 0) is 70.9 Å². The molecule has 3 rings (SSSR count). The molecule has 0 aliphatic heterocycles. The smallest absolute Gasteiger partial charge is 0.258 e. The molecule has 0 unspecified atom stereocenters. The molecule has 0 atom stereocenters. The SMILES string of the molecule is CCCCc1c(-c2ccc(Br)s2)sc(-c2ccc([N+](=O)[O-])s2)c1CCCC. The van der Waals surface area contributed by atoms with Gasteiger partial charge < -0.3 is 0 Å². The van der Waals surface area contributed by atoms with Gasteiger partial charge in [-0.1, -0.05) is 38.0 Å². The first kappa shape index (κ1) is 20.7. The normalized spacial score (nSPS) is 11.2. The zero-order valence-electron chi connectivity index (χ0n) is 15.4. The average Bonchev–Trinajstić information content (AvgIpc) is 3.36. The molecule has 0 bridgehead atoms. The zero-order chi connectivity index (χ0) is 19.4. The fourth-order valence-corrected chi connectivity index (χ4v) is 7.00. The van der Waals surface area contributed by atoms with Crippen LogP contribution < -0.4 is 0 Å². The Kier molecular flexibility index (Phi) is 7.25. The number of nitro groups is 1. The second-order valence-electron chi connectivity index (χ2n) is 6.42. The number of rotatable bonds is 9. The Labute approximate surface area is 180 Å². The standard InChI is InChI=1S/C20H22BrNO2S3/c1-3-5-7-13-14(8-6-4-2)20(16-10-12-18(26-16)22(23)24)27-19(13)15-9-11-17(21)25-15/h9-12H,3-8H2,1-2H3. The van der Waals surface area contributed by atoms with E-state index in [1.54, 1.807) is 17.4 Å². The van der Waals surface area contributed by atoms with Crippen LogP contribution in [-0.4, -0.2) is 4.92 Å². The number of hydrogen-bond acceptors (Lipinski definition) is 5. The van der Waals surface area contributed by atoms with E-state index in [1.165, 1.54) is 43.5 Å². The molecule has 3 nitrogen and oxygen atoms in total. The molecule has 0 spiro atoms. The molecule has 0 radical (unpaired) electrons. The minimum absolute atomic E-state index is 0.218. The van der Waals surface area contributed by atoms with Crippen LogP contribution in [0.25, 0.3) is 19.5 Å². The molecule has 3 aromatic heterocycles. The van der Waals surface area contributed by atoms with E-state index in [-0.39, 0.29) is 9.92 Å². The van der Waals surface area contributed by atoms with Crippen LogP contribution in [-0.2, 0) is 12.8 Å². The van der Waals surface area contributed by atoms with Crippen LogP contribution in [0.15, 0.2) is 28.1 Å². The molecule has 3 aromatic rings. The van der Waals surface area contributed by atoms with Crippen molar-refractivity contribution in [2.75, 3.05) is 0 Å². The van der Waals surface area contributed by atoms with Crippen molar-refractivity contribution in [1.82, 2.24) is 0 Å². The Morgan fingerprint density at radius 3 is 1.89 bits per heavy atom. The van der Waals surface area contributed by atoms with Crippen LogP contribution in [0, 0.1) is 10.1 Å². The van der Waals surface area contributed by atoms with Gasteiger partial charge in [0.2, 0.25) is 0 Å². The van der Waals surface area contributed by atoms with Crippen LogP contribution in [0.1, 0.15) is 50.7 Å². The van der Waals surface area contributed by atoms with Crippen molar-refractivity contribution in [3.8, 4) is 19.5 Å². The lowest BCUT2D eigenvalue weighted by molar-refractivity contribution is -0.380. The summed E-state index contributed by atoms with van der Waals surface area (Å²) in [7, 11) is 0. The highest BCUT2D eigenvalue weighted by Crippen LogP contribution is 2.48. The van der Waals surface area contributed by atoms with Crippen LogP contribution in [0.4, 0.5) is 5.00 Å². The molecule has 0 N–H and O–H groups in total. The summed E-state index contributed by atoms with van der Waals surface area (Å²) in [5.41, 5.74) is 2.86. The molecule has 3 heterocycles. The minimum Gasteiger partial charge on any atom is -0.258 e. The second kappa shape index (κ2) is 9.45. The topological polar surface area (TPSA) is 43.1 Å². The Morgan fingerprint density at radius 2 is 1.44 bits per heavy atom. The largest absolute Gasteiger partial charge is 0.324 e. The summed E-state index contributed by atoms with van der Waals surface area (Å²) >= 11 is 8.45. The molecular weight excluding hydrogens is 462 g/mol. The third-order valence-corrected chi connectivity index (χ3v) is 8.76. The molecule has 0 saturated carbocycles. The van der Waals surface area contributed by atoms with Crippen LogP contribution in [0.2, 0.25) is 0 Å². The van der Waals surface area contributed by atoms with Crippen LogP contribution >= 0.6 is 49.9 Å². The molecule has 0 saturated heterocycles. The quantitative estimate of drug-likeness (QED) is 0.226. The minimum atomic E-state index is -0.289. The van der Waals surface area contributed by atoms with E-state index < -0.39 is 0 Å². The molecule has 0 fully saturated rings.